The molecule has 0 aromatic rings. The molecule has 0 aromatic carbocycles. The third-order valence-electron chi connectivity index (χ3n) is 3.16. The number of hydrogen-bond donors (Lipinski definition) is 1. The fourth-order valence-electron chi connectivity index (χ4n) is 2.44. The minimum absolute atomic E-state index is 0.708. The van der Waals surface area contributed by atoms with E-state index in [9.17, 15) is 0 Å². The fourth-order valence-corrected chi connectivity index (χ4v) is 2.44. The number of ether oxygens (including phenoxy) is 1. The van der Waals surface area contributed by atoms with Crippen molar-refractivity contribution in [1.29, 1.82) is 0 Å². The second-order valence-electron chi connectivity index (χ2n) is 5.56. The number of rotatable bonds is 9. The van der Waals surface area contributed by atoms with Crippen LogP contribution in [-0.2, 0) is 4.74 Å². The van der Waals surface area contributed by atoms with Crippen LogP contribution in [0.3, 0.4) is 0 Å². The van der Waals surface area contributed by atoms with Crippen LogP contribution in [0, 0.1) is 5.92 Å². The molecule has 102 valence electrons. The highest BCUT2D eigenvalue weighted by Crippen LogP contribution is 2.08. The Labute approximate surface area is 107 Å². The van der Waals surface area contributed by atoms with Gasteiger partial charge in [-0.3, -0.25) is 4.90 Å². The Kier molecular flexibility index (Phi) is 7.82. The lowest BCUT2D eigenvalue weighted by Crippen LogP contribution is -2.41. The SMILES string of the molecule is CCCOCCN(CC(C)C)CC1CCCN1. The Balaban J connectivity index is 2.21. The smallest absolute Gasteiger partial charge is 0.0593 e. The molecule has 0 radical (unpaired) electrons. The fraction of sp³-hybridized carbons (Fsp3) is 1.00. The van der Waals surface area contributed by atoms with Crippen molar-refractivity contribution < 1.29 is 4.74 Å². The lowest BCUT2D eigenvalue weighted by molar-refractivity contribution is 0.0964. The lowest BCUT2D eigenvalue weighted by atomic mass is 10.1. The van der Waals surface area contributed by atoms with Gasteiger partial charge in [-0.05, 0) is 31.7 Å². The van der Waals surface area contributed by atoms with Crippen molar-refractivity contribution in [1.82, 2.24) is 10.2 Å². The molecule has 1 atom stereocenters. The zero-order chi connectivity index (χ0) is 12.5. The third kappa shape index (κ3) is 7.02. The van der Waals surface area contributed by atoms with Crippen molar-refractivity contribution in [2.75, 3.05) is 39.4 Å². The van der Waals surface area contributed by atoms with Gasteiger partial charge in [0.15, 0.2) is 0 Å². The predicted molar refractivity (Wildman–Crippen MR) is 73.4 cm³/mol. The minimum atomic E-state index is 0.708. The van der Waals surface area contributed by atoms with Gasteiger partial charge in [-0.1, -0.05) is 20.8 Å². The maximum absolute atomic E-state index is 5.60. The van der Waals surface area contributed by atoms with E-state index in [1.165, 1.54) is 32.5 Å². The summed E-state index contributed by atoms with van der Waals surface area (Å²) in [6, 6.07) is 0.708. The first kappa shape index (κ1) is 14.9. The van der Waals surface area contributed by atoms with Crippen LogP contribution in [-0.4, -0.2) is 50.3 Å². The largest absolute Gasteiger partial charge is 0.380 e. The highest BCUT2D eigenvalue weighted by Gasteiger charge is 2.18. The number of hydrogen-bond acceptors (Lipinski definition) is 3. The Bertz CT molecular complexity index is 179. The summed E-state index contributed by atoms with van der Waals surface area (Å²) in [5, 5.41) is 3.58. The van der Waals surface area contributed by atoms with E-state index in [0.29, 0.717) is 6.04 Å². The Morgan fingerprint density at radius 2 is 2.18 bits per heavy atom. The van der Waals surface area contributed by atoms with Gasteiger partial charge in [-0.2, -0.15) is 0 Å². The van der Waals surface area contributed by atoms with Crippen LogP contribution < -0.4 is 5.32 Å². The molecule has 1 rings (SSSR count). The Morgan fingerprint density at radius 1 is 1.35 bits per heavy atom. The summed E-state index contributed by atoms with van der Waals surface area (Å²) in [5.41, 5.74) is 0. The highest BCUT2D eigenvalue weighted by atomic mass is 16.5. The molecule has 0 bridgehead atoms. The zero-order valence-electron chi connectivity index (χ0n) is 11.9. The first-order chi connectivity index (χ1) is 8.22. The summed E-state index contributed by atoms with van der Waals surface area (Å²) >= 11 is 0. The van der Waals surface area contributed by atoms with Crippen molar-refractivity contribution in [2.45, 2.75) is 46.1 Å². The van der Waals surface area contributed by atoms with Crippen molar-refractivity contribution in [3.63, 3.8) is 0 Å². The molecule has 1 fully saturated rings. The molecular weight excluding hydrogens is 212 g/mol. The van der Waals surface area contributed by atoms with Crippen LogP contribution in [0.15, 0.2) is 0 Å². The van der Waals surface area contributed by atoms with Gasteiger partial charge < -0.3 is 10.1 Å². The summed E-state index contributed by atoms with van der Waals surface area (Å²) in [6.07, 6.45) is 3.80. The molecule has 0 amide bonds. The van der Waals surface area contributed by atoms with E-state index >= 15 is 0 Å². The van der Waals surface area contributed by atoms with Crippen LogP contribution in [0.4, 0.5) is 0 Å². The van der Waals surface area contributed by atoms with E-state index in [1.54, 1.807) is 0 Å². The maximum atomic E-state index is 5.60. The standard InChI is InChI=1S/C14H30N2O/c1-4-9-17-10-8-16(11-13(2)3)12-14-6-5-7-15-14/h13-15H,4-12H2,1-3H3. The predicted octanol–water partition coefficient (Wildman–Crippen LogP) is 2.12. The summed E-state index contributed by atoms with van der Waals surface area (Å²) in [4.78, 5) is 2.56. The van der Waals surface area contributed by atoms with E-state index in [1.807, 2.05) is 0 Å². The zero-order valence-corrected chi connectivity index (χ0v) is 11.9. The molecule has 0 spiro atoms. The molecule has 1 aliphatic heterocycles. The van der Waals surface area contributed by atoms with Gasteiger partial charge in [0.1, 0.15) is 0 Å². The second kappa shape index (κ2) is 8.90. The first-order valence-corrected chi connectivity index (χ1v) is 7.25. The monoisotopic (exact) mass is 242 g/mol. The molecule has 3 nitrogen and oxygen atoms in total. The topological polar surface area (TPSA) is 24.5 Å². The maximum Gasteiger partial charge on any atom is 0.0593 e. The quantitative estimate of drug-likeness (QED) is 0.627. The number of nitrogens with zero attached hydrogens (tertiary/aromatic N) is 1. The summed E-state index contributed by atoms with van der Waals surface area (Å²) in [6.45, 7) is 13.2. The van der Waals surface area contributed by atoms with E-state index < -0.39 is 0 Å². The van der Waals surface area contributed by atoms with E-state index in [2.05, 4.69) is 31.0 Å². The van der Waals surface area contributed by atoms with Gasteiger partial charge in [-0.15, -0.1) is 0 Å². The van der Waals surface area contributed by atoms with Crippen LogP contribution in [0.5, 0.6) is 0 Å². The lowest BCUT2D eigenvalue weighted by Gasteiger charge is -2.27. The van der Waals surface area contributed by atoms with Gasteiger partial charge in [0.25, 0.3) is 0 Å². The van der Waals surface area contributed by atoms with E-state index in [4.69, 9.17) is 4.74 Å². The first-order valence-electron chi connectivity index (χ1n) is 7.25. The van der Waals surface area contributed by atoms with Crippen molar-refractivity contribution in [2.24, 2.45) is 5.92 Å². The minimum Gasteiger partial charge on any atom is -0.380 e. The highest BCUT2D eigenvalue weighted by molar-refractivity contribution is 4.78. The average Bonchev–Trinajstić information content (AvgIpc) is 2.76. The molecule has 1 saturated heterocycles. The van der Waals surface area contributed by atoms with Gasteiger partial charge in [0.05, 0.1) is 6.61 Å². The molecule has 0 aliphatic carbocycles. The summed E-state index contributed by atoms with van der Waals surface area (Å²) in [5.74, 6) is 0.738. The molecule has 3 heteroatoms. The van der Waals surface area contributed by atoms with E-state index in [0.717, 1.165) is 32.1 Å². The normalized spacial score (nSPS) is 20.6. The van der Waals surface area contributed by atoms with Gasteiger partial charge in [-0.25, -0.2) is 0 Å². The second-order valence-corrected chi connectivity index (χ2v) is 5.56. The van der Waals surface area contributed by atoms with Gasteiger partial charge in [0.2, 0.25) is 0 Å². The van der Waals surface area contributed by atoms with Gasteiger partial charge >= 0.3 is 0 Å². The molecule has 0 aromatic heterocycles. The van der Waals surface area contributed by atoms with Gasteiger partial charge in [0, 0.05) is 32.3 Å². The van der Waals surface area contributed by atoms with Crippen LogP contribution in [0.2, 0.25) is 0 Å². The molecule has 17 heavy (non-hydrogen) atoms. The van der Waals surface area contributed by atoms with Crippen molar-refractivity contribution in [3.05, 3.63) is 0 Å². The summed E-state index contributed by atoms with van der Waals surface area (Å²) in [7, 11) is 0. The van der Waals surface area contributed by atoms with Crippen molar-refractivity contribution in [3.8, 4) is 0 Å². The molecule has 0 saturated carbocycles. The number of nitrogens with one attached hydrogen (secondary N) is 1. The average molecular weight is 242 g/mol. The van der Waals surface area contributed by atoms with Crippen LogP contribution in [0.25, 0.3) is 0 Å². The molecule has 1 N–H and O–H groups in total. The Hall–Kier alpha value is -0.120. The summed E-state index contributed by atoms with van der Waals surface area (Å²) < 4.78 is 5.60. The molecule has 1 unspecified atom stereocenters. The molecular formula is C14H30N2O. The molecule has 1 heterocycles. The van der Waals surface area contributed by atoms with Crippen LogP contribution in [0.1, 0.15) is 40.0 Å². The van der Waals surface area contributed by atoms with E-state index in [-0.39, 0.29) is 0 Å². The Morgan fingerprint density at radius 3 is 2.76 bits per heavy atom. The molecule has 1 aliphatic rings. The van der Waals surface area contributed by atoms with Crippen molar-refractivity contribution >= 4 is 0 Å². The third-order valence-corrected chi connectivity index (χ3v) is 3.16. The van der Waals surface area contributed by atoms with Crippen LogP contribution >= 0.6 is 0 Å².